The first kappa shape index (κ1) is 19.9. The van der Waals surface area contributed by atoms with E-state index in [0.717, 1.165) is 16.9 Å². The fourth-order valence-electron chi connectivity index (χ4n) is 4.07. The molecule has 0 bridgehead atoms. The first-order valence-corrected chi connectivity index (χ1v) is 10.3. The standard InChI is InChI=1S/C22H21ClN4O4/c1-31-20-8-16(6-7-17(20)25-11-18(28)19(29)12-25)26-9-13-10-27(24-21(13)22(26)30)15-4-2-14(23)3-5-15/h2-8,10,18-19,28-29H,9,11-12H2,1H3/t18-,19-/m0/s1. The Labute approximate surface area is 183 Å². The summed E-state index contributed by atoms with van der Waals surface area (Å²) in [6.45, 7) is 1.05. The van der Waals surface area contributed by atoms with Crippen LogP contribution in [0.2, 0.25) is 5.02 Å². The number of benzene rings is 2. The van der Waals surface area contributed by atoms with Gasteiger partial charge in [-0.15, -0.1) is 0 Å². The minimum Gasteiger partial charge on any atom is -0.495 e. The smallest absolute Gasteiger partial charge is 0.279 e. The van der Waals surface area contributed by atoms with Gasteiger partial charge in [-0.3, -0.25) is 4.79 Å². The van der Waals surface area contributed by atoms with Gasteiger partial charge in [-0.25, -0.2) is 4.68 Å². The van der Waals surface area contributed by atoms with Gasteiger partial charge in [-0.05, 0) is 36.4 Å². The second kappa shape index (κ2) is 7.56. The van der Waals surface area contributed by atoms with Crippen LogP contribution >= 0.6 is 11.6 Å². The van der Waals surface area contributed by atoms with Gasteiger partial charge in [-0.2, -0.15) is 5.10 Å². The van der Waals surface area contributed by atoms with Gasteiger partial charge < -0.3 is 24.7 Å². The number of methoxy groups -OCH3 is 1. The number of aliphatic hydroxyl groups excluding tert-OH is 2. The van der Waals surface area contributed by atoms with Crippen molar-refractivity contribution in [3.63, 3.8) is 0 Å². The maximum atomic E-state index is 13.0. The number of amides is 1. The van der Waals surface area contributed by atoms with Gasteiger partial charge in [0.1, 0.15) is 5.75 Å². The van der Waals surface area contributed by atoms with Crippen LogP contribution in [0.3, 0.4) is 0 Å². The molecule has 9 heteroatoms. The molecule has 2 aromatic carbocycles. The maximum Gasteiger partial charge on any atom is 0.279 e. The Balaban J connectivity index is 1.40. The topological polar surface area (TPSA) is 91.1 Å². The van der Waals surface area contributed by atoms with E-state index in [1.807, 2.05) is 35.4 Å². The average molecular weight is 441 g/mol. The van der Waals surface area contributed by atoms with Crippen molar-refractivity contribution in [1.29, 1.82) is 0 Å². The summed E-state index contributed by atoms with van der Waals surface area (Å²) in [5.74, 6) is 0.395. The predicted molar refractivity (Wildman–Crippen MR) is 116 cm³/mol. The van der Waals surface area contributed by atoms with Crippen LogP contribution < -0.4 is 14.5 Å². The maximum absolute atomic E-state index is 13.0. The molecule has 2 atom stereocenters. The number of carbonyl (C=O) groups is 1. The van der Waals surface area contributed by atoms with Crippen molar-refractivity contribution in [3.8, 4) is 11.4 Å². The molecule has 2 aliphatic heterocycles. The Morgan fingerprint density at radius 3 is 2.39 bits per heavy atom. The summed E-state index contributed by atoms with van der Waals surface area (Å²) in [5.41, 5.74) is 3.55. The quantitative estimate of drug-likeness (QED) is 0.646. The number of hydrogen-bond donors (Lipinski definition) is 2. The van der Waals surface area contributed by atoms with Crippen molar-refractivity contribution in [2.45, 2.75) is 18.8 Å². The molecule has 3 aromatic rings. The van der Waals surface area contributed by atoms with E-state index in [2.05, 4.69) is 5.10 Å². The van der Waals surface area contributed by atoms with Gasteiger partial charge in [0.2, 0.25) is 0 Å². The second-order valence-corrected chi connectivity index (χ2v) is 8.15. The lowest BCUT2D eigenvalue weighted by atomic mass is 10.2. The minimum atomic E-state index is -0.794. The van der Waals surface area contributed by atoms with Crippen LogP contribution in [-0.2, 0) is 6.54 Å². The molecule has 2 aliphatic rings. The van der Waals surface area contributed by atoms with Crippen molar-refractivity contribution in [3.05, 3.63) is 64.9 Å². The molecule has 2 N–H and O–H groups in total. The molecular weight excluding hydrogens is 420 g/mol. The number of β-amino-alcohol motifs (C(OH)–C–C–N with tert-alkyl or cyclic N) is 2. The molecule has 1 fully saturated rings. The monoisotopic (exact) mass is 440 g/mol. The fourth-order valence-corrected chi connectivity index (χ4v) is 4.20. The molecule has 8 nitrogen and oxygen atoms in total. The van der Waals surface area contributed by atoms with Crippen molar-refractivity contribution in [2.24, 2.45) is 0 Å². The molecule has 1 saturated heterocycles. The van der Waals surface area contributed by atoms with Crippen molar-refractivity contribution in [1.82, 2.24) is 9.78 Å². The number of aliphatic hydroxyl groups is 2. The van der Waals surface area contributed by atoms with E-state index in [1.54, 1.807) is 34.9 Å². The zero-order chi connectivity index (χ0) is 21.7. The molecule has 0 unspecified atom stereocenters. The molecule has 0 aliphatic carbocycles. The van der Waals surface area contributed by atoms with Crippen molar-refractivity contribution in [2.75, 3.05) is 30.0 Å². The molecule has 1 amide bonds. The Bertz CT molecular complexity index is 1140. The minimum absolute atomic E-state index is 0.176. The molecule has 0 spiro atoms. The largest absolute Gasteiger partial charge is 0.495 e. The predicted octanol–water partition coefficient (Wildman–Crippen LogP) is 2.24. The molecule has 0 saturated carbocycles. The lowest BCUT2D eigenvalue weighted by Crippen LogP contribution is -2.25. The van der Waals surface area contributed by atoms with E-state index >= 15 is 0 Å². The number of carbonyl (C=O) groups excluding carboxylic acids is 1. The van der Waals surface area contributed by atoms with Crippen LogP contribution in [0.15, 0.2) is 48.7 Å². The summed E-state index contributed by atoms with van der Waals surface area (Å²) >= 11 is 5.95. The number of hydrogen-bond acceptors (Lipinski definition) is 6. The number of aromatic nitrogens is 2. The second-order valence-electron chi connectivity index (χ2n) is 7.71. The number of ether oxygens (including phenoxy) is 1. The number of fused-ring (bicyclic) bond motifs is 1. The highest BCUT2D eigenvalue weighted by Gasteiger charge is 2.34. The van der Waals surface area contributed by atoms with Gasteiger partial charge >= 0.3 is 0 Å². The Morgan fingerprint density at radius 1 is 1.06 bits per heavy atom. The first-order chi connectivity index (χ1) is 14.9. The van der Waals surface area contributed by atoms with Gasteiger partial charge in [-0.1, -0.05) is 11.6 Å². The van der Waals surface area contributed by atoms with Crippen LogP contribution in [-0.4, -0.2) is 58.3 Å². The number of nitrogens with zero attached hydrogens (tertiary/aromatic N) is 4. The molecule has 1 aromatic heterocycles. The summed E-state index contributed by atoms with van der Waals surface area (Å²) in [6.07, 6.45) is 0.268. The lowest BCUT2D eigenvalue weighted by Gasteiger charge is -2.23. The van der Waals surface area contributed by atoms with Crippen LogP contribution in [0.5, 0.6) is 5.75 Å². The van der Waals surface area contributed by atoms with E-state index in [1.165, 1.54) is 0 Å². The highest BCUT2D eigenvalue weighted by atomic mass is 35.5. The molecule has 31 heavy (non-hydrogen) atoms. The summed E-state index contributed by atoms with van der Waals surface area (Å²) in [5, 5.41) is 24.8. The van der Waals surface area contributed by atoms with Gasteiger partial charge in [0.05, 0.1) is 37.2 Å². The van der Waals surface area contributed by atoms with Gasteiger partial charge in [0.15, 0.2) is 5.69 Å². The highest BCUT2D eigenvalue weighted by molar-refractivity contribution is 6.30. The molecule has 0 radical (unpaired) electrons. The average Bonchev–Trinajstić information content (AvgIpc) is 3.43. The van der Waals surface area contributed by atoms with Crippen LogP contribution in [0.4, 0.5) is 11.4 Å². The normalized spacial score (nSPS) is 20.5. The van der Waals surface area contributed by atoms with Crippen LogP contribution in [0, 0.1) is 0 Å². The molecular formula is C22H21ClN4O4. The van der Waals surface area contributed by atoms with E-state index in [4.69, 9.17) is 16.3 Å². The summed E-state index contributed by atoms with van der Waals surface area (Å²) in [4.78, 5) is 16.6. The third kappa shape index (κ3) is 3.42. The SMILES string of the molecule is COc1cc(N2Cc3cn(-c4ccc(Cl)cc4)nc3C2=O)ccc1N1C[C@H](O)[C@@H](O)C1. The third-order valence-electron chi connectivity index (χ3n) is 5.73. The molecule has 160 valence electrons. The fraction of sp³-hybridized carbons (Fsp3) is 0.273. The van der Waals surface area contributed by atoms with Gasteiger partial charge in [0, 0.05) is 41.6 Å². The van der Waals surface area contributed by atoms with Gasteiger partial charge in [0.25, 0.3) is 5.91 Å². The lowest BCUT2D eigenvalue weighted by molar-refractivity contribution is 0.0572. The zero-order valence-electron chi connectivity index (χ0n) is 16.8. The van der Waals surface area contributed by atoms with Crippen LogP contribution in [0.1, 0.15) is 16.1 Å². The summed E-state index contributed by atoms with van der Waals surface area (Å²) in [6, 6.07) is 12.7. The zero-order valence-corrected chi connectivity index (χ0v) is 17.5. The number of anilines is 2. The van der Waals surface area contributed by atoms with Crippen molar-refractivity contribution < 1.29 is 19.7 Å². The third-order valence-corrected chi connectivity index (χ3v) is 5.98. The van der Waals surface area contributed by atoms with Crippen LogP contribution in [0.25, 0.3) is 5.69 Å². The van der Waals surface area contributed by atoms with Crippen molar-refractivity contribution >= 4 is 28.9 Å². The molecule has 3 heterocycles. The number of halogens is 1. The summed E-state index contributed by atoms with van der Waals surface area (Å²) in [7, 11) is 1.56. The molecule has 5 rings (SSSR count). The van der Waals surface area contributed by atoms with E-state index in [9.17, 15) is 15.0 Å². The summed E-state index contributed by atoms with van der Waals surface area (Å²) < 4.78 is 7.22. The van der Waals surface area contributed by atoms with E-state index in [0.29, 0.717) is 41.8 Å². The van der Waals surface area contributed by atoms with E-state index in [-0.39, 0.29) is 5.91 Å². The highest BCUT2D eigenvalue weighted by Crippen LogP contribution is 2.37. The Morgan fingerprint density at radius 2 is 1.74 bits per heavy atom. The van der Waals surface area contributed by atoms with E-state index < -0.39 is 12.2 Å². The number of rotatable bonds is 4. The first-order valence-electron chi connectivity index (χ1n) is 9.90. The Hall–Kier alpha value is -3.07. The Kier molecular flexibility index (Phi) is 4.85.